The molecule has 6 atom stereocenters. The summed E-state index contributed by atoms with van der Waals surface area (Å²) in [6.45, 7) is 6.52. The fourth-order valence-electron chi connectivity index (χ4n) is 8.16. The van der Waals surface area contributed by atoms with E-state index in [1.807, 2.05) is 7.11 Å². The second-order valence-corrected chi connectivity index (χ2v) is 9.98. The van der Waals surface area contributed by atoms with Gasteiger partial charge in [0, 0.05) is 20.0 Å². The van der Waals surface area contributed by atoms with Crippen molar-refractivity contribution in [2.75, 3.05) is 20.3 Å². The highest BCUT2D eigenvalue weighted by Crippen LogP contribution is 2.67. The van der Waals surface area contributed by atoms with Crippen LogP contribution in [-0.2, 0) is 14.2 Å². The summed E-state index contributed by atoms with van der Waals surface area (Å²) >= 11 is 0. The summed E-state index contributed by atoms with van der Waals surface area (Å²) in [5.74, 6) is 2.29. The third-order valence-corrected chi connectivity index (χ3v) is 9.48. The molecule has 5 rings (SSSR count). The van der Waals surface area contributed by atoms with Crippen LogP contribution < -0.4 is 0 Å². The lowest BCUT2D eigenvalue weighted by Crippen LogP contribution is -2.53. The van der Waals surface area contributed by atoms with E-state index in [0.29, 0.717) is 16.9 Å². The molecular formula is C23H36O3. The molecule has 3 nitrogen and oxygen atoms in total. The summed E-state index contributed by atoms with van der Waals surface area (Å²) in [6, 6.07) is 0. The molecule has 0 N–H and O–H groups in total. The lowest BCUT2D eigenvalue weighted by molar-refractivity contribution is -0.188. The second-order valence-electron chi connectivity index (χ2n) is 9.98. The Bertz CT molecular complexity index is 592. The zero-order valence-electron chi connectivity index (χ0n) is 16.9. The first-order valence-electron chi connectivity index (χ1n) is 11.1. The molecule has 146 valence electrons. The smallest absolute Gasteiger partial charge is 0.172 e. The lowest BCUT2D eigenvalue weighted by Gasteiger charge is -2.59. The number of hydrogen-bond acceptors (Lipinski definition) is 3. The normalized spacial score (nSPS) is 49.4. The van der Waals surface area contributed by atoms with E-state index in [4.69, 9.17) is 14.2 Å². The van der Waals surface area contributed by atoms with E-state index in [2.05, 4.69) is 19.9 Å². The summed E-state index contributed by atoms with van der Waals surface area (Å²) in [4.78, 5) is 0. The molecule has 26 heavy (non-hydrogen) atoms. The first kappa shape index (κ1) is 17.7. The number of fused-ring (bicyclic) bond motifs is 5. The van der Waals surface area contributed by atoms with E-state index in [1.165, 1.54) is 44.9 Å². The third kappa shape index (κ3) is 2.23. The highest BCUT2D eigenvalue weighted by molar-refractivity contribution is 5.27. The van der Waals surface area contributed by atoms with Crippen molar-refractivity contribution >= 4 is 0 Å². The molecule has 0 unspecified atom stereocenters. The Balaban J connectivity index is 1.47. The molecule has 0 aromatic rings. The second kappa shape index (κ2) is 6.06. The minimum atomic E-state index is -0.283. The van der Waals surface area contributed by atoms with Gasteiger partial charge in [-0.1, -0.05) is 25.5 Å². The van der Waals surface area contributed by atoms with Crippen molar-refractivity contribution in [2.24, 2.45) is 28.6 Å². The Morgan fingerprint density at radius 3 is 2.62 bits per heavy atom. The van der Waals surface area contributed by atoms with Crippen molar-refractivity contribution < 1.29 is 14.2 Å². The van der Waals surface area contributed by atoms with Gasteiger partial charge >= 0.3 is 0 Å². The van der Waals surface area contributed by atoms with Gasteiger partial charge in [-0.3, -0.25) is 0 Å². The predicted molar refractivity (Wildman–Crippen MR) is 102 cm³/mol. The molecule has 0 aromatic heterocycles. The molecule has 0 aromatic carbocycles. The first-order chi connectivity index (χ1) is 12.6. The average molecular weight is 361 g/mol. The quantitative estimate of drug-likeness (QED) is 0.641. The highest BCUT2D eigenvalue weighted by Gasteiger charge is 2.61. The van der Waals surface area contributed by atoms with E-state index in [9.17, 15) is 0 Å². The van der Waals surface area contributed by atoms with Gasteiger partial charge in [0.2, 0.25) is 0 Å². The molecule has 5 aliphatic rings. The fraction of sp³-hybridized carbons (Fsp3) is 0.913. The van der Waals surface area contributed by atoms with Gasteiger partial charge in [-0.15, -0.1) is 0 Å². The van der Waals surface area contributed by atoms with Crippen LogP contribution in [-0.4, -0.2) is 32.2 Å². The zero-order chi connectivity index (χ0) is 18.0. The maximum absolute atomic E-state index is 6.09. The van der Waals surface area contributed by atoms with Gasteiger partial charge in [-0.2, -0.15) is 0 Å². The van der Waals surface area contributed by atoms with Crippen LogP contribution >= 0.6 is 0 Å². The Morgan fingerprint density at radius 1 is 1.08 bits per heavy atom. The van der Waals surface area contributed by atoms with E-state index >= 15 is 0 Å². The van der Waals surface area contributed by atoms with Crippen LogP contribution in [0.15, 0.2) is 11.6 Å². The lowest BCUT2D eigenvalue weighted by atomic mass is 9.46. The topological polar surface area (TPSA) is 27.7 Å². The number of ether oxygens (including phenoxy) is 3. The number of allylic oxidation sites excluding steroid dienone is 1. The van der Waals surface area contributed by atoms with E-state index in [1.54, 1.807) is 5.57 Å². The van der Waals surface area contributed by atoms with Gasteiger partial charge in [-0.05, 0) is 73.5 Å². The molecule has 1 heterocycles. The van der Waals surface area contributed by atoms with Crippen molar-refractivity contribution in [1.29, 1.82) is 0 Å². The van der Waals surface area contributed by atoms with Gasteiger partial charge in [0.15, 0.2) is 5.79 Å². The Labute approximate surface area is 158 Å². The largest absolute Gasteiger partial charge is 0.381 e. The van der Waals surface area contributed by atoms with Gasteiger partial charge < -0.3 is 14.2 Å². The van der Waals surface area contributed by atoms with Gasteiger partial charge in [0.1, 0.15) is 0 Å². The number of methoxy groups -OCH3 is 1. The monoisotopic (exact) mass is 360 g/mol. The average Bonchev–Trinajstić information content (AvgIpc) is 3.25. The Hall–Kier alpha value is -0.380. The molecule has 0 bridgehead atoms. The fourth-order valence-corrected chi connectivity index (χ4v) is 8.16. The highest BCUT2D eigenvalue weighted by atomic mass is 16.7. The van der Waals surface area contributed by atoms with Crippen molar-refractivity contribution in [2.45, 2.75) is 83.5 Å². The van der Waals surface area contributed by atoms with Crippen LogP contribution in [0, 0.1) is 28.6 Å². The summed E-state index contributed by atoms with van der Waals surface area (Å²) in [7, 11) is 1.93. The van der Waals surface area contributed by atoms with E-state index in [0.717, 1.165) is 43.8 Å². The minimum absolute atomic E-state index is 0.283. The van der Waals surface area contributed by atoms with Gasteiger partial charge in [-0.25, -0.2) is 0 Å². The standard InChI is InChI=1S/C23H36O3/c1-4-22-11-12-23(25-13-14-26-23)15-16(22)5-6-17-18-7-8-20(24-3)21(18,2)10-9-19(17)22/h5,17-20H,4,6-15H2,1-3H3/t17-,18-,19-,20-,21-,22-/m0/s1. The maximum atomic E-state index is 6.09. The molecule has 3 heteroatoms. The molecule has 1 saturated heterocycles. The molecule has 4 fully saturated rings. The third-order valence-electron chi connectivity index (χ3n) is 9.48. The maximum Gasteiger partial charge on any atom is 0.172 e. The molecular weight excluding hydrogens is 324 g/mol. The minimum Gasteiger partial charge on any atom is -0.381 e. The van der Waals surface area contributed by atoms with E-state index < -0.39 is 0 Å². The summed E-state index contributed by atoms with van der Waals surface area (Å²) in [6.07, 6.45) is 14.4. The Morgan fingerprint density at radius 2 is 1.88 bits per heavy atom. The van der Waals surface area contributed by atoms with Gasteiger partial charge in [0.05, 0.1) is 19.3 Å². The van der Waals surface area contributed by atoms with Crippen LogP contribution in [0.5, 0.6) is 0 Å². The molecule has 0 radical (unpaired) electrons. The van der Waals surface area contributed by atoms with Crippen LogP contribution in [0.4, 0.5) is 0 Å². The molecule has 1 spiro atoms. The zero-order valence-corrected chi connectivity index (χ0v) is 16.9. The van der Waals surface area contributed by atoms with Crippen LogP contribution in [0.1, 0.15) is 71.6 Å². The van der Waals surface area contributed by atoms with Crippen molar-refractivity contribution in [3.63, 3.8) is 0 Å². The van der Waals surface area contributed by atoms with Crippen molar-refractivity contribution in [3.05, 3.63) is 11.6 Å². The molecule has 3 saturated carbocycles. The van der Waals surface area contributed by atoms with Gasteiger partial charge in [0.25, 0.3) is 0 Å². The SMILES string of the molecule is CC[C@]12CCC3(CC1=CC[C@@H]1[C@@H]2CC[C@]2(C)[C@@H](OC)CC[C@@H]12)OCCO3. The van der Waals surface area contributed by atoms with Crippen LogP contribution in [0.3, 0.4) is 0 Å². The molecule has 4 aliphatic carbocycles. The van der Waals surface area contributed by atoms with Crippen LogP contribution in [0.25, 0.3) is 0 Å². The summed E-state index contributed by atoms with van der Waals surface area (Å²) in [5, 5.41) is 0. The Kier molecular flexibility index (Phi) is 4.12. The molecule has 1 aliphatic heterocycles. The number of hydrogen-bond donors (Lipinski definition) is 0. The first-order valence-corrected chi connectivity index (χ1v) is 11.1. The predicted octanol–water partition coefficient (Wildman–Crippen LogP) is 5.10. The van der Waals surface area contributed by atoms with Crippen LogP contribution in [0.2, 0.25) is 0 Å². The van der Waals surface area contributed by atoms with E-state index in [-0.39, 0.29) is 5.79 Å². The summed E-state index contributed by atoms with van der Waals surface area (Å²) < 4.78 is 18.1. The number of rotatable bonds is 2. The summed E-state index contributed by atoms with van der Waals surface area (Å²) in [5.41, 5.74) is 2.50. The van der Waals surface area contributed by atoms with Crippen molar-refractivity contribution in [1.82, 2.24) is 0 Å². The molecule has 0 amide bonds. The van der Waals surface area contributed by atoms with Crippen molar-refractivity contribution in [3.8, 4) is 0 Å².